The summed E-state index contributed by atoms with van der Waals surface area (Å²) in [4.78, 5) is 9.96. The summed E-state index contributed by atoms with van der Waals surface area (Å²) in [5.41, 5.74) is 0.820. The molecule has 0 aliphatic rings. The highest BCUT2D eigenvalue weighted by Crippen LogP contribution is 2.10. The van der Waals surface area contributed by atoms with Crippen molar-refractivity contribution in [2.75, 3.05) is 0 Å². The van der Waals surface area contributed by atoms with E-state index >= 15 is 0 Å². The standard InChI is InChI=1S/C9H7N5O2/c15-14(16)9-3-1-8(2-4-9)5-12-13-6-10-11-7-13/h1-7H. The molecule has 0 fully saturated rings. The summed E-state index contributed by atoms with van der Waals surface area (Å²) in [7, 11) is 0. The molecule has 16 heavy (non-hydrogen) atoms. The van der Waals surface area contributed by atoms with E-state index in [1.54, 1.807) is 18.3 Å². The van der Waals surface area contributed by atoms with Crippen molar-refractivity contribution in [3.05, 3.63) is 52.6 Å². The van der Waals surface area contributed by atoms with Crippen LogP contribution >= 0.6 is 0 Å². The number of benzene rings is 1. The highest BCUT2D eigenvalue weighted by atomic mass is 16.6. The molecule has 2 aromatic rings. The van der Waals surface area contributed by atoms with Crippen LogP contribution in [0, 0.1) is 10.1 Å². The second-order valence-electron chi connectivity index (χ2n) is 2.94. The van der Waals surface area contributed by atoms with Crippen molar-refractivity contribution in [2.24, 2.45) is 5.10 Å². The van der Waals surface area contributed by atoms with Gasteiger partial charge in [-0.25, -0.2) is 4.68 Å². The van der Waals surface area contributed by atoms with Gasteiger partial charge in [-0.05, 0) is 17.7 Å². The van der Waals surface area contributed by atoms with E-state index in [-0.39, 0.29) is 5.69 Å². The van der Waals surface area contributed by atoms with E-state index in [4.69, 9.17) is 0 Å². The molecule has 1 heterocycles. The maximum Gasteiger partial charge on any atom is 0.269 e. The van der Waals surface area contributed by atoms with E-state index < -0.39 is 4.92 Å². The van der Waals surface area contributed by atoms with Crippen molar-refractivity contribution in [2.45, 2.75) is 0 Å². The quantitative estimate of drug-likeness (QED) is 0.437. The molecular weight excluding hydrogens is 210 g/mol. The predicted molar refractivity (Wildman–Crippen MR) is 56.1 cm³/mol. The molecular formula is C9H7N5O2. The third-order valence-corrected chi connectivity index (χ3v) is 1.85. The van der Waals surface area contributed by atoms with Gasteiger partial charge in [0.2, 0.25) is 0 Å². The Bertz CT molecular complexity index is 503. The first-order chi connectivity index (χ1) is 7.75. The number of hydrogen-bond acceptors (Lipinski definition) is 5. The summed E-state index contributed by atoms with van der Waals surface area (Å²) in [6.07, 6.45) is 4.46. The summed E-state index contributed by atoms with van der Waals surface area (Å²) < 4.78 is 1.43. The van der Waals surface area contributed by atoms with Crippen molar-refractivity contribution in [3.63, 3.8) is 0 Å². The molecule has 1 aromatic carbocycles. The number of hydrogen-bond donors (Lipinski definition) is 0. The van der Waals surface area contributed by atoms with Crippen LogP contribution in [0.4, 0.5) is 5.69 Å². The van der Waals surface area contributed by atoms with Gasteiger partial charge in [0, 0.05) is 12.1 Å². The molecule has 0 radical (unpaired) electrons. The molecule has 0 saturated heterocycles. The van der Waals surface area contributed by atoms with E-state index in [1.807, 2.05) is 0 Å². The zero-order valence-electron chi connectivity index (χ0n) is 8.09. The third kappa shape index (κ3) is 2.27. The molecule has 1 aromatic heterocycles. The molecule has 0 atom stereocenters. The van der Waals surface area contributed by atoms with Gasteiger partial charge in [-0.1, -0.05) is 0 Å². The Kier molecular flexibility index (Phi) is 2.68. The van der Waals surface area contributed by atoms with E-state index in [0.717, 1.165) is 5.56 Å². The van der Waals surface area contributed by atoms with Gasteiger partial charge in [0.15, 0.2) is 0 Å². The molecule has 0 aliphatic carbocycles. The molecule has 2 rings (SSSR count). The molecule has 0 spiro atoms. The van der Waals surface area contributed by atoms with E-state index in [9.17, 15) is 10.1 Å². The van der Waals surface area contributed by atoms with Crippen LogP contribution in [0.25, 0.3) is 0 Å². The second-order valence-corrected chi connectivity index (χ2v) is 2.94. The number of nitro benzene ring substituents is 1. The molecule has 0 amide bonds. The van der Waals surface area contributed by atoms with Crippen LogP contribution < -0.4 is 0 Å². The Morgan fingerprint density at radius 3 is 2.44 bits per heavy atom. The predicted octanol–water partition coefficient (Wildman–Crippen LogP) is 1.07. The van der Waals surface area contributed by atoms with Crippen LogP contribution in [0.1, 0.15) is 5.56 Å². The largest absolute Gasteiger partial charge is 0.269 e. The van der Waals surface area contributed by atoms with Gasteiger partial charge in [0.25, 0.3) is 5.69 Å². The maximum atomic E-state index is 10.4. The van der Waals surface area contributed by atoms with Crippen LogP contribution in [-0.4, -0.2) is 26.0 Å². The Balaban J connectivity index is 2.14. The van der Waals surface area contributed by atoms with Crippen LogP contribution in [0.15, 0.2) is 42.0 Å². The molecule has 0 aliphatic heterocycles. The Morgan fingerprint density at radius 1 is 1.25 bits per heavy atom. The summed E-state index contributed by atoms with van der Waals surface area (Å²) in [6.45, 7) is 0. The molecule has 7 heteroatoms. The van der Waals surface area contributed by atoms with Crippen LogP contribution in [0.5, 0.6) is 0 Å². The van der Waals surface area contributed by atoms with Gasteiger partial charge >= 0.3 is 0 Å². The topological polar surface area (TPSA) is 86.2 Å². The van der Waals surface area contributed by atoms with Gasteiger partial charge in [0.05, 0.1) is 11.1 Å². The highest BCUT2D eigenvalue weighted by molar-refractivity contribution is 5.79. The number of nitrogens with zero attached hydrogens (tertiary/aromatic N) is 5. The smallest absolute Gasteiger partial charge is 0.258 e. The zero-order valence-corrected chi connectivity index (χ0v) is 8.09. The Hall–Kier alpha value is -2.57. The first kappa shape index (κ1) is 9.97. The van der Waals surface area contributed by atoms with Gasteiger partial charge in [-0.15, -0.1) is 10.2 Å². The number of rotatable bonds is 3. The third-order valence-electron chi connectivity index (χ3n) is 1.85. The molecule has 80 valence electrons. The van der Waals surface area contributed by atoms with Crippen LogP contribution in [0.3, 0.4) is 0 Å². The van der Waals surface area contributed by atoms with Gasteiger partial charge < -0.3 is 0 Å². The molecule has 0 unspecified atom stereocenters. The second kappa shape index (κ2) is 4.30. The highest BCUT2D eigenvalue weighted by Gasteiger charge is 2.02. The number of non-ortho nitro benzene ring substituents is 1. The number of nitro groups is 1. The van der Waals surface area contributed by atoms with E-state index in [2.05, 4.69) is 15.3 Å². The van der Waals surface area contributed by atoms with Crippen molar-refractivity contribution in [1.29, 1.82) is 0 Å². The number of aromatic nitrogens is 3. The molecule has 0 N–H and O–H groups in total. The Morgan fingerprint density at radius 2 is 1.88 bits per heavy atom. The fourth-order valence-electron chi connectivity index (χ4n) is 1.07. The lowest BCUT2D eigenvalue weighted by Gasteiger charge is -1.93. The summed E-state index contributed by atoms with van der Waals surface area (Å²) in [6, 6.07) is 6.08. The zero-order chi connectivity index (χ0) is 11.4. The normalized spacial score (nSPS) is 10.8. The minimum absolute atomic E-state index is 0.0569. The lowest BCUT2D eigenvalue weighted by molar-refractivity contribution is -0.384. The fourth-order valence-corrected chi connectivity index (χ4v) is 1.07. The van der Waals surface area contributed by atoms with Crippen molar-refractivity contribution < 1.29 is 4.92 Å². The molecule has 0 saturated carbocycles. The maximum absolute atomic E-state index is 10.4. The lowest BCUT2D eigenvalue weighted by Crippen LogP contribution is -1.90. The van der Waals surface area contributed by atoms with E-state index in [0.29, 0.717) is 0 Å². The lowest BCUT2D eigenvalue weighted by atomic mass is 10.2. The first-order valence-corrected chi connectivity index (χ1v) is 4.39. The average molecular weight is 217 g/mol. The summed E-state index contributed by atoms with van der Waals surface area (Å²) >= 11 is 0. The van der Waals surface area contributed by atoms with Crippen LogP contribution in [0.2, 0.25) is 0 Å². The van der Waals surface area contributed by atoms with Crippen molar-refractivity contribution in [3.8, 4) is 0 Å². The van der Waals surface area contributed by atoms with Crippen molar-refractivity contribution in [1.82, 2.24) is 14.9 Å². The molecule has 0 bridgehead atoms. The summed E-state index contributed by atoms with van der Waals surface area (Å²) in [5.74, 6) is 0. The summed E-state index contributed by atoms with van der Waals surface area (Å²) in [5, 5.41) is 21.6. The first-order valence-electron chi connectivity index (χ1n) is 4.39. The van der Waals surface area contributed by atoms with E-state index in [1.165, 1.54) is 29.5 Å². The SMILES string of the molecule is O=[N+]([O-])c1ccc(C=Nn2cnnc2)cc1. The average Bonchev–Trinajstić information content (AvgIpc) is 2.80. The minimum atomic E-state index is -0.444. The fraction of sp³-hybridized carbons (Fsp3) is 0. The van der Waals surface area contributed by atoms with Gasteiger partial charge in [-0.2, -0.15) is 5.10 Å². The monoisotopic (exact) mass is 217 g/mol. The molecule has 7 nitrogen and oxygen atoms in total. The Labute approximate surface area is 90.2 Å². The van der Waals surface area contributed by atoms with Gasteiger partial charge in [-0.3, -0.25) is 10.1 Å². The minimum Gasteiger partial charge on any atom is -0.258 e. The van der Waals surface area contributed by atoms with Gasteiger partial charge in [0.1, 0.15) is 12.7 Å². The van der Waals surface area contributed by atoms with Crippen LogP contribution in [-0.2, 0) is 0 Å². The van der Waals surface area contributed by atoms with Crippen molar-refractivity contribution >= 4 is 11.9 Å².